The molecule has 0 bridgehead atoms. The summed E-state index contributed by atoms with van der Waals surface area (Å²) in [5.74, 6) is -0.612. The fourth-order valence-corrected chi connectivity index (χ4v) is 4.08. The number of nitrogens with zero attached hydrogens (tertiary/aromatic N) is 1. The minimum absolute atomic E-state index is 0.158. The van der Waals surface area contributed by atoms with E-state index in [0.29, 0.717) is 0 Å². The van der Waals surface area contributed by atoms with E-state index in [9.17, 15) is 9.59 Å². The summed E-state index contributed by atoms with van der Waals surface area (Å²) in [5, 5.41) is 3.07. The van der Waals surface area contributed by atoms with Crippen LogP contribution in [-0.4, -0.2) is 17.4 Å². The first-order valence-corrected chi connectivity index (χ1v) is 10.5. The minimum Gasteiger partial charge on any atom is -0.341 e. The van der Waals surface area contributed by atoms with E-state index in [-0.39, 0.29) is 24.2 Å². The average Bonchev–Trinajstić information content (AvgIpc) is 2.77. The number of carbonyl (C=O) groups is 2. The van der Waals surface area contributed by atoms with E-state index in [1.807, 2.05) is 111 Å². The third-order valence-corrected chi connectivity index (χ3v) is 5.79. The van der Waals surface area contributed by atoms with E-state index < -0.39 is 5.54 Å². The number of benzene rings is 3. The number of anilines is 1. The molecule has 4 heteroatoms. The fraction of sp³-hybridized carbons (Fsp3) is 0.185. The zero-order valence-corrected chi connectivity index (χ0v) is 17.8. The van der Waals surface area contributed by atoms with Crippen molar-refractivity contribution in [3.63, 3.8) is 0 Å². The Morgan fingerprint density at radius 3 is 2.19 bits per heavy atom. The minimum atomic E-state index is -1.12. The van der Waals surface area contributed by atoms with Gasteiger partial charge in [0.25, 0.3) is 5.91 Å². The third-order valence-electron chi connectivity index (χ3n) is 5.79. The van der Waals surface area contributed by atoms with Gasteiger partial charge in [-0.1, -0.05) is 84.4 Å². The second-order valence-corrected chi connectivity index (χ2v) is 8.15. The zero-order chi connectivity index (χ0) is 21.8. The lowest BCUT2D eigenvalue weighted by Gasteiger charge is -2.42. The highest BCUT2D eigenvalue weighted by atomic mass is 16.2. The molecule has 1 N–H and O–H groups in total. The molecule has 2 unspecified atom stereocenters. The van der Waals surface area contributed by atoms with Crippen LogP contribution < -0.4 is 10.2 Å². The van der Waals surface area contributed by atoms with Gasteiger partial charge in [0, 0.05) is 17.8 Å². The van der Waals surface area contributed by atoms with Crippen molar-refractivity contribution in [2.24, 2.45) is 0 Å². The molecule has 0 saturated carbocycles. The van der Waals surface area contributed by atoms with Crippen molar-refractivity contribution in [2.45, 2.75) is 31.7 Å². The van der Waals surface area contributed by atoms with Crippen molar-refractivity contribution in [3.8, 4) is 0 Å². The predicted octanol–water partition coefficient (Wildman–Crippen LogP) is 4.76. The molecule has 4 rings (SSSR count). The summed E-state index contributed by atoms with van der Waals surface area (Å²) in [6, 6.07) is 27.2. The highest BCUT2D eigenvalue weighted by Crippen LogP contribution is 2.37. The first kappa shape index (κ1) is 20.6. The molecule has 1 heterocycles. The molecule has 0 spiro atoms. The fourth-order valence-electron chi connectivity index (χ4n) is 4.08. The summed E-state index contributed by atoms with van der Waals surface area (Å²) in [6.07, 6.45) is 4.04. The lowest BCUT2D eigenvalue weighted by atomic mass is 9.77. The molecule has 156 valence electrons. The molecule has 3 aromatic carbocycles. The third kappa shape index (κ3) is 4.29. The number of rotatable bonds is 5. The van der Waals surface area contributed by atoms with Crippen LogP contribution in [0.15, 0.2) is 97.2 Å². The van der Waals surface area contributed by atoms with Crippen LogP contribution >= 0.6 is 0 Å². The molecule has 1 aliphatic heterocycles. The Labute approximate surface area is 183 Å². The monoisotopic (exact) mass is 410 g/mol. The second kappa shape index (κ2) is 8.60. The van der Waals surface area contributed by atoms with Gasteiger partial charge >= 0.3 is 0 Å². The van der Waals surface area contributed by atoms with Crippen LogP contribution in [-0.2, 0) is 16.0 Å². The summed E-state index contributed by atoms with van der Waals surface area (Å²) in [6.45, 7) is 3.83. The normalized spacial score (nSPS) is 20.5. The molecule has 0 aromatic heterocycles. The van der Waals surface area contributed by atoms with E-state index in [1.54, 1.807) is 4.90 Å². The average molecular weight is 411 g/mol. The smallest absolute Gasteiger partial charge is 0.257 e. The van der Waals surface area contributed by atoms with Crippen molar-refractivity contribution in [1.29, 1.82) is 0 Å². The van der Waals surface area contributed by atoms with Gasteiger partial charge in [-0.05, 0) is 37.1 Å². The Kier molecular flexibility index (Phi) is 5.72. The van der Waals surface area contributed by atoms with Gasteiger partial charge in [-0.2, -0.15) is 0 Å². The molecule has 1 aliphatic rings. The number of amides is 2. The summed E-state index contributed by atoms with van der Waals surface area (Å²) in [5.41, 5.74) is 2.68. The maximum Gasteiger partial charge on any atom is 0.257 e. The lowest BCUT2D eigenvalue weighted by Crippen LogP contribution is -2.62. The molecule has 2 atom stereocenters. The molecule has 31 heavy (non-hydrogen) atoms. The maximum atomic E-state index is 13.8. The Morgan fingerprint density at radius 2 is 1.55 bits per heavy atom. The quantitative estimate of drug-likeness (QED) is 0.659. The summed E-state index contributed by atoms with van der Waals surface area (Å²) in [7, 11) is 0. The molecular formula is C27H26N2O2. The Bertz CT molecular complexity index is 1090. The highest BCUT2D eigenvalue weighted by Gasteiger charge is 2.47. The molecular weight excluding hydrogens is 384 g/mol. The molecule has 0 aliphatic carbocycles. The van der Waals surface area contributed by atoms with E-state index in [0.717, 1.165) is 22.4 Å². The van der Waals surface area contributed by atoms with Gasteiger partial charge in [-0.25, -0.2) is 0 Å². The van der Waals surface area contributed by atoms with Crippen LogP contribution in [0.2, 0.25) is 0 Å². The molecule has 0 fully saturated rings. The van der Waals surface area contributed by atoms with Crippen molar-refractivity contribution >= 4 is 17.5 Å². The number of hydrogen-bond acceptors (Lipinski definition) is 2. The topological polar surface area (TPSA) is 49.4 Å². The summed E-state index contributed by atoms with van der Waals surface area (Å²) in [4.78, 5) is 28.4. The number of carbonyl (C=O) groups excluding carboxylic acids is 2. The van der Waals surface area contributed by atoms with Gasteiger partial charge < -0.3 is 5.32 Å². The standard InChI is InChI=1S/C27H26N2O2/c1-20-13-15-23(16-14-20)29-18-17-24(22-11-7-4-8-12-22)27(2,26(29)31)28-25(30)19-21-9-5-3-6-10-21/h3-18,24H,19H2,1-2H3,(H,28,30). The second-order valence-electron chi connectivity index (χ2n) is 8.15. The maximum absolute atomic E-state index is 13.8. The van der Waals surface area contributed by atoms with Crippen molar-refractivity contribution in [3.05, 3.63) is 114 Å². The summed E-state index contributed by atoms with van der Waals surface area (Å²) < 4.78 is 0. The van der Waals surface area contributed by atoms with Crippen LogP contribution in [0, 0.1) is 6.92 Å². The van der Waals surface area contributed by atoms with E-state index in [4.69, 9.17) is 0 Å². The van der Waals surface area contributed by atoms with Gasteiger partial charge in [-0.3, -0.25) is 14.5 Å². The largest absolute Gasteiger partial charge is 0.341 e. The predicted molar refractivity (Wildman–Crippen MR) is 124 cm³/mol. The van der Waals surface area contributed by atoms with Gasteiger partial charge in [-0.15, -0.1) is 0 Å². The first-order valence-electron chi connectivity index (χ1n) is 10.5. The number of nitrogens with one attached hydrogen (secondary N) is 1. The van der Waals surface area contributed by atoms with Crippen LogP contribution in [0.25, 0.3) is 0 Å². The van der Waals surface area contributed by atoms with Crippen LogP contribution in [0.3, 0.4) is 0 Å². The zero-order valence-electron chi connectivity index (χ0n) is 17.8. The Balaban J connectivity index is 1.69. The van der Waals surface area contributed by atoms with E-state index >= 15 is 0 Å². The van der Waals surface area contributed by atoms with Crippen molar-refractivity contribution < 1.29 is 9.59 Å². The van der Waals surface area contributed by atoms with E-state index in [2.05, 4.69) is 5.32 Å². The lowest BCUT2D eigenvalue weighted by molar-refractivity contribution is -0.131. The highest BCUT2D eigenvalue weighted by molar-refractivity contribution is 6.05. The molecule has 4 nitrogen and oxygen atoms in total. The summed E-state index contributed by atoms with van der Waals surface area (Å²) >= 11 is 0. The van der Waals surface area contributed by atoms with Gasteiger partial charge in [0.1, 0.15) is 5.54 Å². The van der Waals surface area contributed by atoms with E-state index in [1.165, 1.54) is 0 Å². The van der Waals surface area contributed by atoms with Crippen LogP contribution in [0.5, 0.6) is 0 Å². The molecule has 0 radical (unpaired) electrons. The number of aryl methyl sites for hydroxylation is 1. The first-order chi connectivity index (χ1) is 15.0. The van der Waals surface area contributed by atoms with Gasteiger partial charge in [0.15, 0.2) is 0 Å². The van der Waals surface area contributed by atoms with Crippen molar-refractivity contribution in [1.82, 2.24) is 5.32 Å². The Morgan fingerprint density at radius 1 is 0.935 bits per heavy atom. The SMILES string of the molecule is Cc1ccc(N2C=CC(c3ccccc3)C(C)(NC(=O)Cc3ccccc3)C2=O)cc1. The van der Waals surface area contributed by atoms with Gasteiger partial charge in [0.2, 0.25) is 5.91 Å². The Hall–Kier alpha value is -3.66. The van der Waals surface area contributed by atoms with Crippen LogP contribution in [0.4, 0.5) is 5.69 Å². The number of hydrogen-bond donors (Lipinski definition) is 1. The molecule has 2 amide bonds. The van der Waals surface area contributed by atoms with Crippen LogP contribution in [0.1, 0.15) is 29.5 Å². The molecule has 3 aromatic rings. The van der Waals surface area contributed by atoms with Gasteiger partial charge in [0.05, 0.1) is 6.42 Å². The molecule has 0 saturated heterocycles. The van der Waals surface area contributed by atoms with Crippen molar-refractivity contribution in [2.75, 3.05) is 4.90 Å².